The normalized spacial score (nSPS) is 16.9. The van der Waals surface area contributed by atoms with Crippen LogP contribution in [0.3, 0.4) is 0 Å². The molecule has 0 spiro atoms. The molecule has 0 aliphatic carbocycles. The van der Waals surface area contributed by atoms with Gasteiger partial charge in [-0.2, -0.15) is 0 Å². The molecule has 1 aromatic carbocycles. The second-order valence-corrected chi connectivity index (χ2v) is 5.89. The average molecular weight is 320 g/mol. The summed E-state index contributed by atoms with van der Waals surface area (Å²) in [5.41, 5.74) is 2.48. The van der Waals surface area contributed by atoms with E-state index in [1.165, 1.54) is 10.9 Å². The largest absolute Gasteiger partial charge is 0.314 e. The second kappa shape index (κ2) is 5.99. The van der Waals surface area contributed by atoms with Crippen molar-refractivity contribution in [2.75, 3.05) is 32.7 Å². The molecule has 19 heavy (non-hydrogen) atoms. The first-order chi connectivity index (χ1) is 9.33. The van der Waals surface area contributed by atoms with Gasteiger partial charge in [0, 0.05) is 48.8 Å². The number of nitrogens with zero attached hydrogens (tertiary/aromatic N) is 2. The van der Waals surface area contributed by atoms with E-state index in [0.29, 0.717) is 0 Å². The maximum atomic E-state index is 4.43. The summed E-state index contributed by atoms with van der Waals surface area (Å²) in [6, 6.07) is 8.45. The predicted molar refractivity (Wildman–Crippen MR) is 82.5 cm³/mol. The number of fused-ring (bicyclic) bond motifs is 1. The van der Waals surface area contributed by atoms with Crippen molar-refractivity contribution in [1.82, 2.24) is 15.2 Å². The molecule has 1 saturated heterocycles. The maximum absolute atomic E-state index is 4.43. The number of pyridine rings is 1. The summed E-state index contributed by atoms with van der Waals surface area (Å²) >= 11 is 3.55. The van der Waals surface area contributed by atoms with Gasteiger partial charge in [-0.05, 0) is 36.2 Å². The zero-order valence-corrected chi connectivity index (χ0v) is 12.5. The van der Waals surface area contributed by atoms with Gasteiger partial charge in [0.15, 0.2) is 0 Å². The Morgan fingerprint density at radius 2 is 2.05 bits per heavy atom. The predicted octanol–water partition coefficient (Wildman–Crippen LogP) is 2.45. The number of hydrogen-bond donors (Lipinski definition) is 1. The molecule has 4 heteroatoms. The summed E-state index contributed by atoms with van der Waals surface area (Å²) in [5, 5.41) is 4.66. The van der Waals surface area contributed by atoms with Crippen LogP contribution in [0.1, 0.15) is 5.56 Å². The lowest BCUT2D eigenvalue weighted by Crippen LogP contribution is -2.44. The van der Waals surface area contributed by atoms with Gasteiger partial charge in [0.1, 0.15) is 0 Å². The van der Waals surface area contributed by atoms with Crippen LogP contribution in [0.15, 0.2) is 34.9 Å². The highest BCUT2D eigenvalue weighted by Gasteiger charge is 2.10. The van der Waals surface area contributed by atoms with Gasteiger partial charge in [-0.3, -0.25) is 4.98 Å². The van der Waals surface area contributed by atoms with Gasteiger partial charge in [0.05, 0.1) is 5.52 Å². The quantitative estimate of drug-likeness (QED) is 0.942. The van der Waals surface area contributed by atoms with E-state index in [9.17, 15) is 0 Å². The lowest BCUT2D eigenvalue weighted by atomic mass is 10.1. The molecule has 0 bridgehead atoms. The highest BCUT2D eigenvalue weighted by Crippen LogP contribution is 2.22. The number of piperazine rings is 1. The third-order valence-electron chi connectivity index (χ3n) is 3.70. The van der Waals surface area contributed by atoms with E-state index in [-0.39, 0.29) is 0 Å². The first-order valence-electron chi connectivity index (χ1n) is 6.79. The summed E-state index contributed by atoms with van der Waals surface area (Å²) < 4.78 is 1.12. The lowest BCUT2D eigenvalue weighted by Gasteiger charge is -2.27. The van der Waals surface area contributed by atoms with Crippen molar-refractivity contribution in [2.45, 2.75) is 6.42 Å². The molecule has 1 aromatic heterocycles. The average Bonchev–Trinajstić information content (AvgIpc) is 2.46. The zero-order valence-electron chi connectivity index (χ0n) is 10.9. The highest BCUT2D eigenvalue weighted by molar-refractivity contribution is 9.10. The summed E-state index contributed by atoms with van der Waals surface area (Å²) in [4.78, 5) is 6.96. The molecule has 1 N–H and O–H groups in total. The fourth-order valence-electron chi connectivity index (χ4n) is 2.61. The SMILES string of the molecule is Brc1ccc2nccc(CCN3CCNCC3)c2c1. The van der Waals surface area contributed by atoms with E-state index < -0.39 is 0 Å². The molecule has 0 saturated carbocycles. The first kappa shape index (κ1) is 13.0. The van der Waals surface area contributed by atoms with Gasteiger partial charge in [-0.15, -0.1) is 0 Å². The van der Waals surface area contributed by atoms with Crippen LogP contribution in [0.25, 0.3) is 10.9 Å². The number of halogens is 1. The number of aromatic nitrogens is 1. The Labute approximate surface area is 122 Å². The minimum absolute atomic E-state index is 1.08. The number of hydrogen-bond acceptors (Lipinski definition) is 3. The van der Waals surface area contributed by atoms with E-state index in [1.807, 2.05) is 6.20 Å². The van der Waals surface area contributed by atoms with Crippen molar-refractivity contribution < 1.29 is 0 Å². The highest BCUT2D eigenvalue weighted by atomic mass is 79.9. The molecule has 0 unspecified atom stereocenters. The van der Waals surface area contributed by atoms with Crippen molar-refractivity contribution in [3.05, 3.63) is 40.5 Å². The van der Waals surface area contributed by atoms with Crippen molar-refractivity contribution in [3.63, 3.8) is 0 Å². The topological polar surface area (TPSA) is 28.2 Å². The Kier molecular flexibility index (Phi) is 4.11. The van der Waals surface area contributed by atoms with Crippen LogP contribution in [-0.2, 0) is 6.42 Å². The van der Waals surface area contributed by atoms with Crippen LogP contribution in [-0.4, -0.2) is 42.6 Å². The Morgan fingerprint density at radius 1 is 1.21 bits per heavy atom. The van der Waals surface area contributed by atoms with Gasteiger partial charge in [0.25, 0.3) is 0 Å². The molecular formula is C15H18BrN3. The molecule has 1 aliphatic heterocycles. The van der Waals surface area contributed by atoms with Crippen LogP contribution in [0.2, 0.25) is 0 Å². The van der Waals surface area contributed by atoms with Gasteiger partial charge in [-0.1, -0.05) is 15.9 Å². The summed E-state index contributed by atoms with van der Waals surface area (Å²) in [5.74, 6) is 0. The Bertz CT molecular complexity index is 564. The Balaban J connectivity index is 1.78. The summed E-state index contributed by atoms with van der Waals surface area (Å²) in [7, 11) is 0. The van der Waals surface area contributed by atoms with Crippen LogP contribution < -0.4 is 5.32 Å². The Morgan fingerprint density at radius 3 is 2.89 bits per heavy atom. The molecule has 0 amide bonds. The summed E-state index contributed by atoms with van der Waals surface area (Å²) in [6.07, 6.45) is 3.01. The molecule has 0 atom stereocenters. The van der Waals surface area contributed by atoms with Crippen molar-refractivity contribution in [3.8, 4) is 0 Å². The maximum Gasteiger partial charge on any atom is 0.0705 e. The molecular weight excluding hydrogens is 302 g/mol. The fourth-order valence-corrected chi connectivity index (χ4v) is 2.97. The van der Waals surface area contributed by atoms with E-state index in [4.69, 9.17) is 0 Å². The minimum Gasteiger partial charge on any atom is -0.314 e. The van der Waals surface area contributed by atoms with Crippen molar-refractivity contribution >= 4 is 26.8 Å². The molecule has 2 heterocycles. The molecule has 100 valence electrons. The Hall–Kier alpha value is -0.970. The zero-order chi connectivity index (χ0) is 13.1. The molecule has 3 rings (SSSR count). The standard InChI is InChI=1S/C15H18BrN3/c16-13-1-2-15-14(11-13)12(3-5-18-15)4-8-19-9-6-17-7-10-19/h1-3,5,11,17H,4,6-10H2. The number of rotatable bonds is 3. The van der Waals surface area contributed by atoms with Gasteiger partial charge < -0.3 is 10.2 Å². The van der Waals surface area contributed by atoms with Crippen LogP contribution in [0, 0.1) is 0 Å². The van der Waals surface area contributed by atoms with Gasteiger partial charge >= 0.3 is 0 Å². The second-order valence-electron chi connectivity index (χ2n) is 4.97. The van der Waals surface area contributed by atoms with E-state index in [2.05, 4.69) is 55.4 Å². The smallest absolute Gasteiger partial charge is 0.0705 e. The van der Waals surface area contributed by atoms with E-state index in [0.717, 1.165) is 49.1 Å². The van der Waals surface area contributed by atoms with E-state index >= 15 is 0 Å². The van der Waals surface area contributed by atoms with Crippen LogP contribution in [0.4, 0.5) is 0 Å². The third kappa shape index (κ3) is 3.14. The molecule has 2 aromatic rings. The van der Waals surface area contributed by atoms with E-state index in [1.54, 1.807) is 0 Å². The molecule has 0 radical (unpaired) electrons. The number of nitrogens with one attached hydrogen (secondary N) is 1. The van der Waals surface area contributed by atoms with Gasteiger partial charge in [0.2, 0.25) is 0 Å². The molecule has 1 aliphatic rings. The molecule has 3 nitrogen and oxygen atoms in total. The van der Waals surface area contributed by atoms with Gasteiger partial charge in [-0.25, -0.2) is 0 Å². The fraction of sp³-hybridized carbons (Fsp3) is 0.400. The van der Waals surface area contributed by atoms with Crippen molar-refractivity contribution in [1.29, 1.82) is 0 Å². The van der Waals surface area contributed by atoms with Crippen LogP contribution >= 0.6 is 15.9 Å². The monoisotopic (exact) mass is 319 g/mol. The minimum atomic E-state index is 1.08. The van der Waals surface area contributed by atoms with Crippen molar-refractivity contribution in [2.24, 2.45) is 0 Å². The third-order valence-corrected chi connectivity index (χ3v) is 4.19. The summed E-state index contributed by atoms with van der Waals surface area (Å²) in [6.45, 7) is 5.68. The first-order valence-corrected chi connectivity index (χ1v) is 7.58. The lowest BCUT2D eigenvalue weighted by molar-refractivity contribution is 0.244. The van der Waals surface area contributed by atoms with Crippen LogP contribution in [0.5, 0.6) is 0 Å². The number of benzene rings is 1. The molecule has 1 fully saturated rings.